The number of hydrogen-bond donors (Lipinski definition) is 4. The molecule has 6 atom stereocenters. The molecule has 15 heteroatoms. The number of methoxy groups -OCH3 is 1. The third-order valence-corrected chi connectivity index (χ3v) is 12.2. The Bertz CT molecular complexity index is 1980. The number of aliphatic carboxylic acids is 1. The van der Waals surface area contributed by atoms with Crippen LogP contribution in [-0.4, -0.2) is 93.4 Å². The largest absolute Gasteiger partial charge is 0.497 e. The molecule has 3 fully saturated rings. The normalized spacial score (nSPS) is 27.7. The third kappa shape index (κ3) is 8.42. The Morgan fingerprint density at radius 2 is 1.84 bits per heavy atom. The van der Waals surface area contributed by atoms with Gasteiger partial charge in [-0.15, -0.1) is 11.3 Å². The summed E-state index contributed by atoms with van der Waals surface area (Å²) >= 11 is 1.47. The summed E-state index contributed by atoms with van der Waals surface area (Å²) in [6.07, 6.45) is 9.55. The number of nitrogens with zero attached hydrogens (tertiary/aromatic N) is 3. The van der Waals surface area contributed by atoms with Crippen molar-refractivity contribution >= 4 is 51.2 Å². The number of ether oxygens (including phenoxy) is 3. The van der Waals surface area contributed by atoms with Crippen LogP contribution in [0.25, 0.3) is 22.3 Å². The van der Waals surface area contributed by atoms with E-state index in [-0.39, 0.29) is 31.0 Å². The molecule has 2 saturated carbocycles. The van der Waals surface area contributed by atoms with Gasteiger partial charge in [0.1, 0.15) is 47.0 Å². The molecule has 2 aliphatic carbocycles. The molecule has 0 unspecified atom stereocenters. The van der Waals surface area contributed by atoms with Gasteiger partial charge in [-0.05, 0) is 77.3 Å². The molecule has 3 aromatic rings. The van der Waals surface area contributed by atoms with E-state index in [1.165, 1.54) is 16.2 Å². The number of amides is 3. The minimum atomic E-state index is -1.46. The minimum absolute atomic E-state index is 0.0196. The number of carbonyl (C=O) groups is 4. The van der Waals surface area contributed by atoms with E-state index in [2.05, 4.69) is 16.0 Å². The number of nitrogens with one attached hydrogen (secondary N) is 3. The topological polar surface area (TPSA) is 181 Å². The van der Waals surface area contributed by atoms with Gasteiger partial charge in [-0.25, -0.2) is 19.6 Å². The van der Waals surface area contributed by atoms with E-state index in [0.717, 1.165) is 50.1 Å². The summed E-state index contributed by atoms with van der Waals surface area (Å²) in [5, 5.41) is 22.7. The van der Waals surface area contributed by atoms with Gasteiger partial charge in [-0.1, -0.05) is 31.9 Å². The Kier molecular flexibility index (Phi) is 11.7. The first-order valence-electron chi connectivity index (χ1n) is 19.8. The number of carbonyl (C=O) groups excluding carboxylic acids is 3. The fourth-order valence-corrected chi connectivity index (χ4v) is 9.06. The first-order valence-corrected chi connectivity index (χ1v) is 20.7. The number of hydrogen-bond acceptors (Lipinski definition) is 11. The summed E-state index contributed by atoms with van der Waals surface area (Å²) in [5.74, 6) is -1.97. The maximum absolute atomic E-state index is 14.7. The lowest BCUT2D eigenvalue weighted by Crippen LogP contribution is -2.57. The van der Waals surface area contributed by atoms with Crippen molar-refractivity contribution in [2.24, 2.45) is 11.8 Å². The number of rotatable bonds is 9. The number of fused-ring (bicyclic) bond motifs is 3. The molecule has 4 N–H and O–H groups in total. The predicted octanol–water partition coefficient (Wildman–Crippen LogP) is 6.30. The highest BCUT2D eigenvalue weighted by molar-refractivity contribution is 7.14. The van der Waals surface area contributed by atoms with Crippen LogP contribution in [0.1, 0.15) is 85.0 Å². The van der Waals surface area contributed by atoms with Crippen molar-refractivity contribution < 1.29 is 38.5 Å². The number of allylic oxidation sites excluding steroid dienone is 1. The molecule has 4 heterocycles. The Balaban J connectivity index is 1.23. The molecule has 4 aliphatic rings. The highest BCUT2D eigenvalue weighted by atomic mass is 32.1. The fraction of sp³-hybridized carbons (Fsp3) is 0.561. The summed E-state index contributed by atoms with van der Waals surface area (Å²) in [6, 6.07) is 5.47. The van der Waals surface area contributed by atoms with Gasteiger partial charge < -0.3 is 40.2 Å². The van der Waals surface area contributed by atoms with E-state index in [0.29, 0.717) is 46.6 Å². The Hall–Kier alpha value is -4.92. The lowest BCUT2D eigenvalue weighted by atomic mass is 9.98. The number of pyridine rings is 1. The molecule has 1 saturated heterocycles. The number of carboxylic acids is 1. The smallest absolute Gasteiger partial charge is 0.408 e. The van der Waals surface area contributed by atoms with Crippen LogP contribution in [-0.2, 0) is 19.1 Å². The molecule has 2 aromatic heterocycles. The van der Waals surface area contributed by atoms with E-state index in [1.807, 2.05) is 62.6 Å². The molecule has 0 spiro atoms. The summed E-state index contributed by atoms with van der Waals surface area (Å²) < 4.78 is 18.0. The summed E-state index contributed by atoms with van der Waals surface area (Å²) in [7, 11) is 1.58. The van der Waals surface area contributed by atoms with Crippen LogP contribution in [0.5, 0.6) is 11.5 Å². The molecular weight excluding hydrogens is 737 g/mol. The number of alkyl carbamates (subject to hydrolysis) is 1. The van der Waals surface area contributed by atoms with Crippen LogP contribution in [0.3, 0.4) is 0 Å². The van der Waals surface area contributed by atoms with Crippen molar-refractivity contribution in [3.63, 3.8) is 0 Å². The van der Waals surface area contributed by atoms with Gasteiger partial charge in [0, 0.05) is 40.8 Å². The van der Waals surface area contributed by atoms with Crippen LogP contribution >= 0.6 is 11.3 Å². The van der Waals surface area contributed by atoms with Crippen molar-refractivity contribution in [1.82, 2.24) is 25.5 Å². The van der Waals surface area contributed by atoms with Gasteiger partial charge in [-0.2, -0.15) is 0 Å². The standard InChI is InChI=1S/C41H52N6O8S/c1-23(2)42-39-44-32(22-56-39)31-19-33(28-17-16-27(53-4)18-30(28)43-31)55-34-21-47-35(24(34)3)36(48)46-41(38(50)51)20-25(41)12-8-6-5-7-9-15-29(37(47)49)45-40(52)54-26-13-10-11-14-26/h8,12,16-19,22-26,29,34-35H,5-7,9-11,13-15,20-21H2,1-4H3,(H,42,44)(H,45,52)(H,46,48)(H,50,51)/b12-8-/t24-,25-,29+,34+,35+,41-/m1/s1. The van der Waals surface area contributed by atoms with Crippen LogP contribution < -0.4 is 25.4 Å². The molecule has 7 rings (SSSR count). The molecule has 300 valence electrons. The predicted molar refractivity (Wildman–Crippen MR) is 212 cm³/mol. The maximum atomic E-state index is 14.7. The fourth-order valence-electron chi connectivity index (χ4n) is 8.21. The Labute approximate surface area is 330 Å². The quantitative estimate of drug-likeness (QED) is 0.179. The van der Waals surface area contributed by atoms with Gasteiger partial charge in [0.2, 0.25) is 11.8 Å². The first-order chi connectivity index (χ1) is 26.9. The minimum Gasteiger partial charge on any atom is -0.497 e. The van der Waals surface area contributed by atoms with Gasteiger partial charge in [-0.3, -0.25) is 9.59 Å². The monoisotopic (exact) mass is 788 g/mol. The molecule has 14 nitrogen and oxygen atoms in total. The summed E-state index contributed by atoms with van der Waals surface area (Å²) in [5.41, 5.74) is 0.374. The second-order valence-electron chi connectivity index (χ2n) is 15.8. The van der Waals surface area contributed by atoms with Crippen LogP contribution in [0.4, 0.5) is 9.93 Å². The molecule has 0 bridgehead atoms. The Morgan fingerprint density at radius 3 is 2.59 bits per heavy atom. The number of thiazole rings is 1. The van der Waals surface area contributed by atoms with E-state index in [1.54, 1.807) is 7.11 Å². The highest BCUT2D eigenvalue weighted by Crippen LogP contribution is 2.46. The number of benzene rings is 1. The van der Waals surface area contributed by atoms with Crippen LogP contribution in [0.15, 0.2) is 41.8 Å². The molecule has 56 heavy (non-hydrogen) atoms. The van der Waals surface area contributed by atoms with E-state index < -0.39 is 53.5 Å². The Morgan fingerprint density at radius 1 is 1.05 bits per heavy atom. The molecule has 1 aromatic carbocycles. The number of anilines is 1. The summed E-state index contributed by atoms with van der Waals surface area (Å²) in [6.45, 7) is 5.93. The van der Waals surface area contributed by atoms with Gasteiger partial charge >= 0.3 is 12.1 Å². The average Bonchev–Trinajstić information content (AvgIpc) is 3.52. The van der Waals surface area contributed by atoms with E-state index >= 15 is 0 Å². The van der Waals surface area contributed by atoms with Crippen molar-refractivity contribution in [2.45, 2.75) is 121 Å². The zero-order valence-corrected chi connectivity index (χ0v) is 33.2. The van der Waals surface area contributed by atoms with Crippen LogP contribution in [0.2, 0.25) is 0 Å². The lowest BCUT2D eigenvalue weighted by Gasteiger charge is -2.30. The third-order valence-electron chi connectivity index (χ3n) is 11.4. The molecule has 0 radical (unpaired) electrons. The zero-order chi connectivity index (χ0) is 39.6. The molecule has 3 amide bonds. The average molecular weight is 789 g/mol. The number of carboxylic acid groups (broad SMARTS) is 1. The van der Waals surface area contributed by atoms with E-state index in [4.69, 9.17) is 24.2 Å². The lowest BCUT2D eigenvalue weighted by molar-refractivity contribution is -0.146. The second kappa shape index (κ2) is 16.7. The van der Waals surface area contributed by atoms with Crippen molar-refractivity contribution in [3.05, 3.63) is 41.8 Å². The highest BCUT2D eigenvalue weighted by Gasteiger charge is 2.62. The zero-order valence-electron chi connectivity index (χ0n) is 32.4. The maximum Gasteiger partial charge on any atom is 0.408 e. The van der Waals surface area contributed by atoms with Crippen molar-refractivity contribution in [1.29, 1.82) is 0 Å². The number of aromatic nitrogens is 2. The second-order valence-corrected chi connectivity index (χ2v) is 16.7. The van der Waals surface area contributed by atoms with E-state index in [9.17, 15) is 24.3 Å². The van der Waals surface area contributed by atoms with Crippen molar-refractivity contribution in [3.8, 4) is 22.9 Å². The summed E-state index contributed by atoms with van der Waals surface area (Å²) in [4.78, 5) is 66.1. The van der Waals surface area contributed by atoms with Crippen molar-refractivity contribution in [2.75, 3.05) is 19.0 Å². The van der Waals surface area contributed by atoms with Crippen LogP contribution in [0, 0.1) is 11.8 Å². The molecule has 2 aliphatic heterocycles. The van der Waals surface area contributed by atoms with Gasteiger partial charge in [0.15, 0.2) is 5.13 Å². The molecular formula is C41H52N6O8S. The SMILES string of the molecule is COc1ccc2c(O[C@H]3CN4C(=O)[C@@H](NC(=O)OC5CCCC5)CCCCC/C=C\[C@@H]5C[C@@]5(C(=O)O)NC(=O)[C@@H]4[C@@H]3C)cc(-c3csc(NC(C)C)n3)nc2c1. The van der Waals surface area contributed by atoms with Gasteiger partial charge in [0.25, 0.3) is 0 Å². The first kappa shape index (κ1) is 39.3. The van der Waals surface area contributed by atoms with Gasteiger partial charge in [0.05, 0.1) is 24.9 Å².